The first-order valence-electron chi connectivity index (χ1n) is 10.6. The molecule has 4 aromatic carbocycles. The van der Waals surface area contributed by atoms with Gasteiger partial charge in [0.1, 0.15) is 12.7 Å². The number of nitrogens with zero attached hydrogens (tertiary/aromatic N) is 3. The predicted octanol–water partition coefficient (Wildman–Crippen LogP) is 5.98. The Balaban J connectivity index is 1.65. The topological polar surface area (TPSA) is 50.7 Å². The highest BCUT2D eigenvalue weighted by molar-refractivity contribution is 5.87. The largest absolute Gasteiger partial charge is 0.324 e. The van der Waals surface area contributed by atoms with Gasteiger partial charge in [-0.15, -0.1) is 0 Å². The second-order valence-electron chi connectivity index (χ2n) is 7.87. The van der Waals surface area contributed by atoms with Gasteiger partial charge < -0.3 is 5.32 Å². The fourth-order valence-electron chi connectivity index (χ4n) is 4.96. The number of aromatic nitrogens is 3. The zero-order valence-corrected chi connectivity index (χ0v) is 17.3. The standard InChI is InChI=1S/C28H20N4/c1-3-9-20(10-4-1)28(21-11-5-2-6-12-21)25-14-8-7-13-23(25)24-16-15-22(17-26(24)28)32-27-30-18-29-19-31-27/h1-19H,(H,29,30,31,32). The zero-order valence-electron chi connectivity index (χ0n) is 17.3. The molecule has 0 saturated heterocycles. The lowest BCUT2D eigenvalue weighted by molar-refractivity contribution is 0.769. The molecule has 0 atom stereocenters. The van der Waals surface area contributed by atoms with E-state index in [1.54, 1.807) is 0 Å². The number of nitrogens with one attached hydrogen (secondary N) is 1. The Bertz CT molecular complexity index is 1340. The summed E-state index contributed by atoms with van der Waals surface area (Å²) in [7, 11) is 0. The summed E-state index contributed by atoms with van der Waals surface area (Å²) in [4.78, 5) is 12.4. The van der Waals surface area contributed by atoms with Crippen LogP contribution >= 0.6 is 0 Å². The maximum Gasteiger partial charge on any atom is 0.230 e. The van der Waals surface area contributed by atoms with E-state index in [1.165, 1.54) is 46.0 Å². The highest BCUT2D eigenvalue weighted by Crippen LogP contribution is 2.56. The van der Waals surface area contributed by atoms with Gasteiger partial charge in [-0.3, -0.25) is 0 Å². The van der Waals surface area contributed by atoms with Crippen LogP contribution in [0.4, 0.5) is 11.6 Å². The van der Waals surface area contributed by atoms with E-state index in [-0.39, 0.29) is 0 Å². The van der Waals surface area contributed by atoms with Crippen LogP contribution in [-0.2, 0) is 5.41 Å². The van der Waals surface area contributed by atoms with Gasteiger partial charge in [-0.05, 0) is 45.5 Å². The van der Waals surface area contributed by atoms with E-state index in [0.29, 0.717) is 5.95 Å². The summed E-state index contributed by atoms with van der Waals surface area (Å²) in [5.74, 6) is 0.528. The minimum Gasteiger partial charge on any atom is -0.324 e. The van der Waals surface area contributed by atoms with E-state index in [4.69, 9.17) is 0 Å². The van der Waals surface area contributed by atoms with Crippen molar-refractivity contribution in [3.05, 3.63) is 138 Å². The number of rotatable bonds is 4. The quantitative estimate of drug-likeness (QED) is 0.387. The van der Waals surface area contributed by atoms with Crippen LogP contribution in [0, 0.1) is 0 Å². The molecule has 0 bridgehead atoms. The summed E-state index contributed by atoms with van der Waals surface area (Å²) in [5, 5.41) is 3.34. The van der Waals surface area contributed by atoms with Crippen LogP contribution in [0.3, 0.4) is 0 Å². The molecule has 32 heavy (non-hydrogen) atoms. The molecule has 0 fully saturated rings. The van der Waals surface area contributed by atoms with Crippen LogP contribution in [-0.4, -0.2) is 15.0 Å². The molecule has 4 nitrogen and oxygen atoms in total. The second-order valence-corrected chi connectivity index (χ2v) is 7.87. The summed E-state index contributed by atoms with van der Waals surface area (Å²) in [5.41, 5.74) is 8.07. The molecule has 1 aliphatic rings. The summed E-state index contributed by atoms with van der Waals surface area (Å²) in [6, 6.07) is 36.8. The van der Waals surface area contributed by atoms with Gasteiger partial charge in [-0.1, -0.05) is 91.0 Å². The SMILES string of the molecule is c1ccc(C2(c3ccccc3)c3ccccc3-c3ccc(Nc4ncncn4)cc32)cc1. The van der Waals surface area contributed by atoms with Crippen molar-refractivity contribution < 1.29 is 0 Å². The second kappa shape index (κ2) is 7.43. The van der Waals surface area contributed by atoms with Crippen LogP contribution in [0.2, 0.25) is 0 Å². The Kier molecular flexibility index (Phi) is 4.29. The molecular formula is C28H20N4. The lowest BCUT2D eigenvalue weighted by atomic mass is 9.67. The van der Waals surface area contributed by atoms with Gasteiger partial charge in [0.25, 0.3) is 0 Å². The average Bonchev–Trinajstić information content (AvgIpc) is 3.16. The third kappa shape index (κ3) is 2.73. The maximum atomic E-state index is 4.23. The van der Waals surface area contributed by atoms with E-state index in [1.807, 2.05) is 0 Å². The van der Waals surface area contributed by atoms with Gasteiger partial charge in [-0.2, -0.15) is 0 Å². The molecule has 0 unspecified atom stereocenters. The molecule has 6 rings (SSSR count). The van der Waals surface area contributed by atoms with Crippen LogP contribution in [0.15, 0.2) is 116 Å². The molecule has 0 spiro atoms. The Hall–Kier alpha value is -4.31. The molecule has 1 N–H and O–H groups in total. The van der Waals surface area contributed by atoms with Crippen molar-refractivity contribution in [2.45, 2.75) is 5.41 Å². The normalized spacial score (nSPS) is 13.2. The fraction of sp³-hybridized carbons (Fsp3) is 0.0357. The number of anilines is 2. The van der Waals surface area contributed by atoms with Crippen LogP contribution < -0.4 is 5.32 Å². The van der Waals surface area contributed by atoms with Crippen molar-refractivity contribution >= 4 is 11.6 Å². The summed E-state index contributed by atoms with van der Waals surface area (Å²) >= 11 is 0. The van der Waals surface area contributed by atoms with E-state index >= 15 is 0 Å². The van der Waals surface area contributed by atoms with Crippen molar-refractivity contribution in [3.8, 4) is 11.1 Å². The van der Waals surface area contributed by atoms with Crippen LogP contribution in [0.25, 0.3) is 11.1 Å². The third-order valence-electron chi connectivity index (χ3n) is 6.21. The van der Waals surface area contributed by atoms with E-state index in [2.05, 4.69) is 123 Å². The highest BCUT2D eigenvalue weighted by atomic mass is 15.1. The number of benzene rings is 4. The number of hydrogen-bond donors (Lipinski definition) is 1. The van der Waals surface area contributed by atoms with Gasteiger partial charge in [0.2, 0.25) is 5.95 Å². The van der Waals surface area contributed by atoms with Gasteiger partial charge in [0, 0.05) is 5.69 Å². The van der Waals surface area contributed by atoms with Crippen molar-refractivity contribution in [2.24, 2.45) is 0 Å². The third-order valence-corrected chi connectivity index (χ3v) is 6.21. The number of hydrogen-bond acceptors (Lipinski definition) is 4. The molecule has 0 amide bonds. The first-order chi connectivity index (χ1) is 15.9. The summed E-state index contributed by atoms with van der Waals surface area (Å²) in [6.07, 6.45) is 2.99. The minimum atomic E-state index is -0.411. The van der Waals surface area contributed by atoms with Crippen LogP contribution in [0.1, 0.15) is 22.3 Å². The molecule has 1 aromatic heterocycles. The first-order valence-corrected chi connectivity index (χ1v) is 10.6. The molecule has 152 valence electrons. The molecule has 4 heteroatoms. The van der Waals surface area contributed by atoms with E-state index in [9.17, 15) is 0 Å². The van der Waals surface area contributed by atoms with Crippen molar-refractivity contribution in [1.29, 1.82) is 0 Å². The lowest BCUT2D eigenvalue weighted by Crippen LogP contribution is -2.28. The zero-order chi connectivity index (χ0) is 21.4. The predicted molar refractivity (Wildman–Crippen MR) is 127 cm³/mol. The van der Waals surface area contributed by atoms with Crippen molar-refractivity contribution in [3.63, 3.8) is 0 Å². The molecule has 1 aliphatic carbocycles. The van der Waals surface area contributed by atoms with Crippen LogP contribution in [0.5, 0.6) is 0 Å². The van der Waals surface area contributed by atoms with Gasteiger partial charge in [0.15, 0.2) is 0 Å². The molecule has 5 aromatic rings. The maximum absolute atomic E-state index is 4.23. The summed E-state index contributed by atoms with van der Waals surface area (Å²) in [6.45, 7) is 0. The Morgan fingerprint density at radius 2 is 1.16 bits per heavy atom. The van der Waals surface area contributed by atoms with Gasteiger partial charge >= 0.3 is 0 Å². The average molecular weight is 412 g/mol. The smallest absolute Gasteiger partial charge is 0.230 e. The Morgan fingerprint density at radius 1 is 0.562 bits per heavy atom. The molecular weight excluding hydrogens is 392 g/mol. The molecule has 0 radical (unpaired) electrons. The van der Waals surface area contributed by atoms with E-state index in [0.717, 1.165) is 5.69 Å². The lowest BCUT2D eigenvalue weighted by Gasteiger charge is -2.34. The number of fused-ring (bicyclic) bond motifs is 3. The highest BCUT2D eigenvalue weighted by Gasteiger charge is 2.45. The van der Waals surface area contributed by atoms with Gasteiger partial charge in [-0.25, -0.2) is 15.0 Å². The Labute approximate surface area is 186 Å². The minimum absolute atomic E-state index is 0.411. The fourth-order valence-corrected chi connectivity index (χ4v) is 4.96. The molecule has 0 aliphatic heterocycles. The van der Waals surface area contributed by atoms with Gasteiger partial charge in [0.05, 0.1) is 5.41 Å². The monoisotopic (exact) mass is 412 g/mol. The Morgan fingerprint density at radius 3 is 1.84 bits per heavy atom. The van der Waals surface area contributed by atoms with Crippen molar-refractivity contribution in [2.75, 3.05) is 5.32 Å². The van der Waals surface area contributed by atoms with E-state index < -0.39 is 5.41 Å². The molecule has 0 saturated carbocycles. The molecule has 1 heterocycles. The first kappa shape index (κ1) is 18.5. The summed E-state index contributed by atoms with van der Waals surface area (Å²) < 4.78 is 0. The van der Waals surface area contributed by atoms with Crippen molar-refractivity contribution in [1.82, 2.24) is 15.0 Å².